The van der Waals surface area contributed by atoms with Crippen molar-refractivity contribution in [3.63, 3.8) is 0 Å². The molecule has 3 nitrogen and oxygen atoms in total. The van der Waals surface area contributed by atoms with Crippen LogP contribution in [-0.2, 0) is 16.1 Å². The SMILES string of the molecule is Cc1ccc(F)cc1CNCC(=O)OC(C)(C)C. The molecule has 0 amide bonds. The molecule has 0 aliphatic carbocycles. The number of rotatable bonds is 4. The summed E-state index contributed by atoms with van der Waals surface area (Å²) in [5.41, 5.74) is 1.36. The van der Waals surface area contributed by atoms with E-state index in [4.69, 9.17) is 4.74 Å². The van der Waals surface area contributed by atoms with E-state index in [1.54, 1.807) is 6.07 Å². The molecular weight excluding hydrogens is 233 g/mol. The number of ether oxygens (including phenoxy) is 1. The first-order valence-electron chi connectivity index (χ1n) is 5.95. The molecule has 0 aromatic heterocycles. The van der Waals surface area contributed by atoms with Crippen LogP contribution in [0, 0.1) is 12.7 Å². The Morgan fingerprint density at radius 2 is 2.06 bits per heavy atom. The Kier molecular flexibility index (Phi) is 4.84. The molecule has 0 bridgehead atoms. The van der Waals surface area contributed by atoms with Crippen LogP contribution >= 0.6 is 0 Å². The zero-order valence-corrected chi connectivity index (χ0v) is 11.3. The van der Waals surface area contributed by atoms with Crippen molar-refractivity contribution in [3.8, 4) is 0 Å². The van der Waals surface area contributed by atoms with Gasteiger partial charge in [-0.1, -0.05) is 6.07 Å². The minimum absolute atomic E-state index is 0.118. The van der Waals surface area contributed by atoms with Crippen molar-refractivity contribution < 1.29 is 13.9 Å². The number of carbonyl (C=O) groups excluding carboxylic acids is 1. The second-order valence-corrected chi connectivity index (χ2v) is 5.26. The average Bonchev–Trinajstić information content (AvgIpc) is 2.20. The lowest BCUT2D eigenvalue weighted by atomic mass is 10.1. The van der Waals surface area contributed by atoms with Crippen LogP contribution in [0.5, 0.6) is 0 Å². The van der Waals surface area contributed by atoms with Crippen molar-refractivity contribution in [1.29, 1.82) is 0 Å². The number of benzene rings is 1. The van der Waals surface area contributed by atoms with E-state index in [2.05, 4.69) is 5.32 Å². The Morgan fingerprint density at radius 1 is 1.39 bits per heavy atom. The number of nitrogens with one attached hydrogen (secondary N) is 1. The molecule has 0 unspecified atom stereocenters. The van der Waals surface area contributed by atoms with Gasteiger partial charge >= 0.3 is 5.97 Å². The van der Waals surface area contributed by atoms with Gasteiger partial charge in [-0.25, -0.2) is 4.39 Å². The predicted molar refractivity (Wildman–Crippen MR) is 68.7 cm³/mol. The van der Waals surface area contributed by atoms with Crippen molar-refractivity contribution in [2.45, 2.75) is 39.8 Å². The summed E-state index contributed by atoms with van der Waals surface area (Å²) in [6, 6.07) is 4.62. The first kappa shape index (κ1) is 14.6. The van der Waals surface area contributed by atoms with E-state index in [9.17, 15) is 9.18 Å². The van der Waals surface area contributed by atoms with E-state index >= 15 is 0 Å². The molecule has 18 heavy (non-hydrogen) atoms. The zero-order valence-electron chi connectivity index (χ0n) is 11.3. The van der Waals surface area contributed by atoms with Gasteiger partial charge in [-0.15, -0.1) is 0 Å². The largest absolute Gasteiger partial charge is 0.459 e. The molecule has 0 saturated heterocycles. The molecule has 0 spiro atoms. The zero-order chi connectivity index (χ0) is 13.8. The Balaban J connectivity index is 2.42. The molecule has 0 radical (unpaired) electrons. The fourth-order valence-corrected chi connectivity index (χ4v) is 1.51. The molecule has 0 heterocycles. The van der Waals surface area contributed by atoms with Crippen LogP contribution in [-0.4, -0.2) is 18.1 Å². The van der Waals surface area contributed by atoms with Gasteiger partial charge in [-0.3, -0.25) is 4.79 Å². The van der Waals surface area contributed by atoms with Gasteiger partial charge in [-0.2, -0.15) is 0 Å². The van der Waals surface area contributed by atoms with E-state index in [-0.39, 0.29) is 18.3 Å². The molecule has 0 atom stereocenters. The van der Waals surface area contributed by atoms with E-state index in [1.165, 1.54) is 12.1 Å². The molecule has 1 aromatic carbocycles. The maximum atomic E-state index is 13.0. The predicted octanol–water partition coefficient (Wildman–Crippen LogP) is 2.57. The van der Waals surface area contributed by atoms with Crippen LogP contribution in [0.1, 0.15) is 31.9 Å². The van der Waals surface area contributed by atoms with Gasteiger partial charge in [0.05, 0.1) is 6.54 Å². The standard InChI is InChI=1S/C14H20FNO2/c1-10-5-6-12(15)7-11(10)8-16-9-13(17)18-14(2,3)4/h5-7,16H,8-9H2,1-4H3. The highest BCUT2D eigenvalue weighted by molar-refractivity contribution is 5.72. The smallest absolute Gasteiger partial charge is 0.320 e. The fraction of sp³-hybridized carbons (Fsp3) is 0.500. The molecule has 0 aliphatic heterocycles. The fourth-order valence-electron chi connectivity index (χ4n) is 1.51. The maximum absolute atomic E-state index is 13.0. The molecule has 1 rings (SSSR count). The molecule has 1 aromatic rings. The van der Waals surface area contributed by atoms with Gasteiger partial charge in [-0.05, 0) is 51.0 Å². The molecular formula is C14H20FNO2. The Bertz CT molecular complexity index is 424. The minimum atomic E-state index is -0.479. The van der Waals surface area contributed by atoms with Gasteiger partial charge in [0.1, 0.15) is 11.4 Å². The Morgan fingerprint density at radius 3 is 2.67 bits per heavy atom. The third-order valence-electron chi connectivity index (χ3n) is 2.32. The summed E-state index contributed by atoms with van der Waals surface area (Å²) < 4.78 is 18.2. The van der Waals surface area contributed by atoms with Crippen LogP contribution in [0.25, 0.3) is 0 Å². The van der Waals surface area contributed by atoms with Crippen LogP contribution in [0.4, 0.5) is 4.39 Å². The Labute approximate surface area is 107 Å². The minimum Gasteiger partial charge on any atom is -0.459 e. The van der Waals surface area contributed by atoms with E-state index in [0.29, 0.717) is 6.54 Å². The molecule has 1 N–H and O–H groups in total. The first-order valence-corrected chi connectivity index (χ1v) is 5.95. The summed E-state index contributed by atoms with van der Waals surface area (Å²) in [6.07, 6.45) is 0. The van der Waals surface area contributed by atoms with Gasteiger partial charge in [0.2, 0.25) is 0 Å². The van der Waals surface area contributed by atoms with Crippen LogP contribution < -0.4 is 5.32 Å². The van der Waals surface area contributed by atoms with Crippen molar-refractivity contribution in [1.82, 2.24) is 5.32 Å². The lowest BCUT2D eigenvalue weighted by Crippen LogP contribution is -2.31. The third kappa shape index (κ3) is 5.27. The normalized spacial score (nSPS) is 11.4. The van der Waals surface area contributed by atoms with Crippen molar-refractivity contribution in [3.05, 3.63) is 35.1 Å². The number of hydrogen-bond acceptors (Lipinski definition) is 3. The third-order valence-corrected chi connectivity index (χ3v) is 2.32. The number of halogens is 1. The molecule has 0 aliphatic rings. The van der Waals surface area contributed by atoms with Crippen molar-refractivity contribution in [2.75, 3.05) is 6.54 Å². The molecule has 0 fully saturated rings. The van der Waals surface area contributed by atoms with Gasteiger partial charge in [0.25, 0.3) is 0 Å². The summed E-state index contributed by atoms with van der Waals surface area (Å²) in [5.74, 6) is -0.578. The monoisotopic (exact) mass is 253 g/mol. The Hall–Kier alpha value is -1.42. The number of carbonyl (C=O) groups is 1. The summed E-state index contributed by atoms with van der Waals surface area (Å²) in [6.45, 7) is 7.94. The van der Waals surface area contributed by atoms with Crippen molar-refractivity contribution >= 4 is 5.97 Å². The summed E-state index contributed by atoms with van der Waals surface area (Å²) in [4.78, 5) is 11.4. The summed E-state index contributed by atoms with van der Waals surface area (Å²) >= 11 is 0. The van der Waals surface area contributed by atoms with Crippen molar-refractivity contribution in [2.24, 2.45) is 0 Å². The lowest BCUT2D eigenvalue weighted by molar-refractivity contribution is -0.153. The molecule has 0 saturated carbocycles. The lowest BCUT2D eigenvalue weighted by Gasteiger charge is -2.19. The van der Waals surface area contributed by atoms with Gasteiger partial charge < -0.3 is 10.1 Å². The second kappa shape index (κ2) is 5.96. The molecule has 100 valence electrons. The van der Waals surface area contributed by atoms with Gasteiger partial charge in [0.15, 0.2) is 0 Å². The highest BCUT2D eigenvalue weighted by atomic mass is 19.1. The number of hydrogen-bond donors (Lipinski definition) is 1. The van der Waals surface area contributed by atoms with E-state index in [0.717, 1.165) is 11.1 Å². The first-order chi connectivity index (χ1) is 8.28. The topological polar surface area (TPSA) is 38.3 Å². The maximum Gasteiger partial charge on any atom is 0.320 e. The van der Waals surface area contributed by atoms with E-state index < -0.39 is 5.60 Å². The summed E-state index contributed by atoms with van der Waals surface area (Å²) in [7, 11) is 0. The van der Waals surface area contributed by atoms with Crippen LogP contribution in [0.3, 0.4) is 0 Å². The van der Waals surface area contributed by atoms with Gasteiger partial charge in [0, 0.05) is 6.54 Å². The number of aryl methyl sites for hydroxylation is 1. The van der Waals surface area contributed by atoms with E-state index in [1.807, 2.05) is 27.7 Å². The van der Waals surface area contributed by atoms with Crippen LogP contribution in [0.15, 0.2) is 18.2 Å². The highest BCUT2D eigenvalue weighted by Gasteiger charge is 2.15. The average molecular weight is 253 g/mol. The quantitative estimate of drug-likeness (QED) is 0.838. The summed E-state index contributed by atoms with van der Waals surface area (Å²) in [5, 5.41) is 2.95. The molecule has 4 heteroatoms. The highest BCUT2D eigenvalue weighted by Crippen LogP contribution is 2.10. The van der Waals surface area contributed by atoms with Crippen LogP contribution in [0.2, 0.25) is 0 Å². The second-order valence-electron chi connectivity index (χ2n) is 5.26. The number of esters is 1.